The van der Waals surface area contributed by atoms with E-state index in [4.69, 9.17) is 10.2 Å². The Bertz CT molecular complexity index is 662. The number of furan rings is 1. The first-order chi connectivity index (χ1) is 13.8. The fourth-order valence-electron chi connectivity index (χ4n) is 4.03. The largest absolute Gasteiger partial charge is 0.464 e. The van der Waals surface area contributed by atoms with Gasteiger partial charge in [0.1, 0.15) is 11.5 Å². The molecule has 1 heterocycles. The van der Waals surface area contributed by atoms with Crippen molar-refractivity contribution in [2.24, 2.45) is 11.7 Å². The van der Waals surface area contributed by atoms with E-state index in [9.17, 15) is 10.1 Å². The van der Waals surface area contributed by atoms with Crippen LogP contribution < -0.4 is 11.1 Å². The maximum Gasteiger partial charge on any atom is 0.273 e. The van der Waals surface area contributed by atoms with Crippen molar-refractivity contribution >= 4 is 11.8 Å². The van der Waals surface area contributed by atoms with Crippen LogP contribution in [0.1, 0.15) is 63.4 Å². The molecule has 3 atom stereocenters. The van der Waals surface area contributed by atoms with E-state index in [2.05, 4.69) is 23.2 Å². The van der Waals surface area contributed by atoms with Gasteiger partial charge >= 0.3 is 0 Å². The first-order valence-corrected chi connectivity index (χ1v) is 11.6. The summed E-state index contributed by atoms with van der Waals surface area (Å²) in [4.78, 5) is 12.4. The maximum atomic E-state index is 10.8. The van der Waals surface area contributed by atoms with Gasteiger partial charge in [-0.15, -0.1) is 0 Å². The first-order valence-electron chi connectivity index (χ1n) is 10.6. The highest BCUT2D eigenvalue weighted by Crippen LogP contribution is 2.33. The van der Waals surface area contributed by atoms with Crippen LogP contribution >= 0.6 is 11.8 Å². The van der Waals surface area contributed by atoms with Crippen molar-refractivity contribution in [3.8, 4) is 0 Å². The Morgan fingerprint density at radius 3 is 2.66 bits per heavy atom. The molecule has 29 heavy (non-hydrogen) atoms. The number of thioether (sulfide) groups is 1. The van der Waals surface area contributed by atoms with Gasteiger partial charge in [0.25, 0.3) is 6.20 Å². The molecule has 2 rings (SSSR count). The average molecular weight is 425 g/mol. The molecule has 1 fully saturated rings. The third kappa shape index (κ3) is 8.70. The van der Waals surface area contributed by atoms with E-state index in [1.807, 2.05) is 31.9 Å². The molecule has 164 valence electrons. The quantitative estimate of drug-likeness (QED) is 0.450. The van der Waals surface area contributed by atoms with Crippen molar-refractivity contribution in [3.05, 3.63) is 45.8 Å². The molecular weight excluding hydrogens is 388 g/mol. The molecule has 1 aliphatic rings. The number of nitrogens with zero attached hydrogens (tertiary/aromatic N) is 2. The van der Waals surface area contributed by atoms with E-state index in [0.717, 1.165) is 49.3 Å². The zero-order valence-electron chi connectivity index (χ0n) is 17.9. The van der Waals surface area contributed by atoms with Crippen molar-refractivity contribution in [1.29, 1.82) is 0 Å². The van der Waals surface area contributed by atoms with Gasteiger partial charge in [-0.2, -0.15) is 11.8 Å². The minimum absolute atomic E-state index is 0.154. The van der Waals surface area contributed by atoms with Gasteiger partial charge in [0.15, 0.2) is 5.82 Å². The van der Waals surface area contributed by atoms with Crippen LogP contribution in [0.5, 0.6) is 0 Å². The second-order valence-corrected chi connectivity index (χ2v) is 9.62. The number of nitro groups is 1. The second-order valence-electron chi connectivity index (χ2n) is 8.25. The Balaban J connectivity index is 2.01. The molecule has 0 aliphatic heterocycles. The van der Waals surface area contributed by atoms with Crippen molar-refractivity contribution in [1.82, 2.24) is 10.2 Å². The third-order valence-electron chi connectivity index (χ3n) is 5.45. The SMILES string of the molecule is CC(SCc1ccc(CN(C)C)o1)C1CCCCCCCC1NC(N)=C[N+](=O)[O-]. The lowest BCUT2D eigenvalue weighted by atomic mass is 9.89. The summed E-state index contributed by atoms with van der Waals surface area (Å²) in [6, 6.07) is 4.27. The Kier molecular flexibility index (Phi) is 9.87. The zero-order chi connectivity index (χ0) is 21.2. The van der Waals surface area contributed by atoms with Crippen LogP contribution in [0, 0.1) is 16.0 Å². The van der Waals surface area contributed by atoms with E-state index < -0.39 is 4.92 Å². The van der Waals surface area contributed by atoms with Gasteiger partial charge in [0.2, 0.25) is 0 Å². The summed E-state index contributed by atoms with van der Waals surface area (Å²) in [6.07, 6.45) is 9.04. The normalized spacial score (nSPS) is 22.6. The molecule has 1 saturated carbocycles. The highest BCUT2D eigenvalue weighted by atomic mass is 32.2. The van der Waals surface area contributed by atoms with E-state index in [0.29, 0.717) is 11.2 Å². The monoisotopic (exact) mass is 424 g/mol. The van der Waals surface area contributed by atoms with Gasteiger partial charge < -0.3 is 20.4 Å². The summed E-state index contributed by atoms with van der Waals surface area (Å²) in [5, 5.41) is 14.4. The topological polar surface area (TPSA) is 97.6 Å². The average Bonchev–Trinajstić information content (AvgIpc) is 3.10. The molecule has 1 aliphatic carbocycles. The number of hydrogen-bond donors (Lipinski definition) is 2. The highest BCUT2D eigenvalue weighted by Gasteiger charge is 2.28. The minimum atomic E-state index is -0.493. The summed E-state index contributed by atoms with van der Waals surface area (Å²) < 4.78 is 5.95. The molecule has 1 aromatic heterocycles. The van der Waals surface area contributed by atoms with E-state index >= 15 is 0 Å². The molecule has 3 N–H and O–H groups in total. The molecule has 1 aromatic rings. The van der Waals surface area contributed by atoms with Gasteiger partial charge in [0, 0.05) is 11.3 Å². The number of nitrogens with two attached hydrogens (primary N) is 1. The molecule has 0 spiro atoms. The standard InChI is InChI=1S/C21H36N4O3S/c1-16(29-15-18-12-11-17(28-18)13-24(2)3)19-9-7-5-4-6-8-10-20(19)23-21(22)14-25(26)27/h11-12,14,16,19-20,23H,4-10,13,15,22H2,1-3H3. The molecule has 7 nitrogen and oxygen atoms in total. The predicted molar refractivity (Wildman–Crippen MR) is 119 cm³/mol. The van der Waals surface area contributed by atoms with E-state index in [1.54, 1.807) is 0 Å². The molecule has 0 bridgehead atoms. The lowest BCUT2D eigenvalue weighted by molar-refractivity contribution is -0.403. The summed E-state index contributed by atoms with van der Waals surface area (Å²) in [7, 11) is 4.06. The summed E-state index contributed by atoms with van der Waals surface area (Å²) in [5.41, 5.74) is 5.89. The van der Waals surface area contributed by atoms with Crippen molar-refractivity contribution in [2.45, 2.75) is 75.5 Å². The van der Waals surface area contributed by atoms with Gasteiger partial charge in [-0.1, -0.05) is 39.0 Å². The van der Waals surface area contributed by atoms with E-state index in [1.165, 1.54) is 25.7 Å². The molecule has 0 amide bonds. The Hall–Kier alpha value is -1.67. The van der Waals surface area contributed by atoms with Gasteiger partial charge in [-0.25, -0.2) is 0 Å². The van der Waals surface area contributed by atoms with Crippen molar-refractivity contribution < 1.29 is 9.34 Å². The Morgan fingerprint density at radius 2 is 1.97 bits per heavy atom. The van der Waals surface area contributed by atoms with Crippen molar-refractivity contribution in [2.75, 3.05) is 14.1 Å². The molecule has 0 saturated heterocycles. The van der Waals surface area contributed by atoms with Crippen LogP contribution in [0.25, 0.3) is 0 Å². The lowest BCUT2D eigenvalue weighted by Gasteiger charge is -2.32. The van der Waals surface area contributed by atoms with Gasteiger partial charge in [-0.05, 0) is 45.0 Å². The first kappa shape index (κ1) is 23.6. The van der Waals surface area contributed by atoms with Crippen LogP contribution in [-0.4, -0.2) is 35.2 Å². The molecule has 8 heteroatoms. The van der Waals surface area contributed by atoms with Crippen LogP contribution in [0.15, 0.2) is 28.6 Å². The fraction of sp³-hybridized carbons (Fsp3) is 0.714. The minimum Gasteiger partial charge on any atom is -0.464 e. The third-order valence-corrected chi connectivity index (χ3v) is 6.77. The van der Waals surface area contributed by atoms with Gasteiger partial charge in [0.05, 0.1) is 17.2 Å². The summed E-state index contributed by atoms with van der Waals surface area (Å²) >= 11 is 1.89. The predicted octanol–water partition coefficient (Wildman–Crippen LogP) is 4.32. The second kappa shape index (κ2) is 12.1. The van der Waals surface area contributed by atoms with Crippen LogP contribution in [0.4, 0.5) is 0 Å². The lowest BCUT2D eigenvalue weighted by Crippen LogP contribution is -2.42. The number of rotatable bonds is 9. The summed E-state index contributed by atoms with van der Waals surface area (Å²) in [5.74, 6) is 3.38. The van der Waals surface area contributed by atoms with Crippen LogP contribution in [0.3, 0.4) is 0 Å². The molecule has 0 radical (unpaired) electrons. The molecule has 3 unspecified atom stereocenters. The van der Waals surface area contributed by atoms with Crippen LogP contribution in [0.2, 0.25) is 0 Å². The Morgan fingerprint density at radius 1 is 1.31 bits per heavy atom. The molecular formula is C21H36N4O3S. The zero-order valence-corrected chi connectivity index (χ0v) is 18.7. The number of nitrogens with one attached hydrogen (secondary N) is 1. The maximum absolute atomic E-state index is 10.8. The van der Waals surface area contributed by atoms with Crippen LogP contribution in [-0.2, 0) is 12.3 Å². The van der Waals surface area contributed by atoms with Gasteiger partial charge in [-0.3, -0.25) is 10.1 Å². The number of hydrogen-bond acceptors (Lipinski definition) is 7. The van der Waals surface area contributed by atoms with E-state index in [-0.39, 0.29) is 11.9 Å². The summed E-state index contributed by atoms with van der Waals surface area (Å²) in [6.45, 7) is 3.07. The fourth-order valence-corrected chi connectivity index (χ4v) is 5.18. The highest BCUT2D eigenvalue weighted by molar-refractivity contribution is 7.99. The smallest absolute Gasteiger partial charge is 0.273 e. The molecule has 0 aromatic carbocycles. The van der Waals surface area contributed by atoms with Crippen molar-refractivity contribution in [3.63, 3.8) is 0 Å². The Labute approximate surface area is 178 Å².